The van der Waals surface area contributed by atoms with Crippen molar-refractivity contribution >= 4 is 33.4 Å². The second kappa shape index (κ2) is 7.77. The third-order valence-electron chi connectivity index (χ3n) is 4.08. The Morgan fingerprint density at radius 3 is 2.59 bits per heavy atom. The Balaban J connectivity index is 1.95. The fraction of sp³-hybridized carbons (Fsp3) is 0.529. The monoisotopic (exact) mass is 366 g/mol. The van der Waals surface area contributed by atoms with Crippen molar-refractivity contribution in [1.82, 2.24) is 4.90 Å². The summed E-state index contributed by atoms with van der Waals surface area (Å²) >= 11 is 3.39. The Hall–Kier alpha value is -1.36. The molecule has 1 unspecified atom stereocenters. The van der Waals surface area contributed by atoms with Crippen molar-refractivity contribution in [1.29, 1.82) is 0 Å². The molecule has 0 radical (unpaired) electrons. The third kappa shape index (κ3) is 4.57. The Kier molecular flexibility index (Phi) is 6.00. The molecule has 1 aliphatic heterocycles. The molecular weight excluding hydrogens is 344 g/mol. The lowest BCUT2D eigenvalue weighted by molar-refractivity contribution is -0.132. The van der Waals surface area contributed by atoms with E-state index in [-0.39, 0.29) is 11.8 Å². The van der Waals surface area contributed by atoms with Crippen LogP contribution in [0.15, 0.2) is 28.7 Å². The number of hydrogen-bond acceptors (Lipinski definition) is 2. The minimum atomic E-state index is -0.0397. The standard InChI is InChI=1S/C17H23BrN2O2/c1-13-4-3-10-19(12-13)17(22)9-11-20(14(2)21)16-7-5-15(18)6-8-16/h5-8,13H,3-4,9-12H2,1-2H3. The predicted octanol–water partition coefficient (Wildman–Crippen LogP) is 3.45. The first-order chi connectivity index (χ1) is 10.5. The second-order valence-corrected chi connectivity index (χ2v) is 6.90. The summed E-state index contributed by atoms with van der Waals surface area (Å²) < 4.78 is 0.970. The zero-order chi connectivity index (χ0) is 16.1. The molecular formula is C17H23BrN2O2. The summed E-state index contributed by atoms with van der Waals surface area (Å²) in [5.41, 5.74) is 0.829. The van der Waals surface area contributed by atoms with Crippen LogP contribution in [0.3, 0.4) is 0 Å². The molecule has 0 aliphatic carbocycles. The van der Waals surface area contributed by atoms with Crippen LogP contribution < -0.4 is 4.90 Å². The minimum absolute atomic E-state index is 0.0397. The number of amides is 2. The lowest BCUT2D eigenvalue weighted by atomic mass is 10.00. The number of piperidine rings is 1. The van der Waals surface area contributed by atoms with E-state index in [0.717, 1.165) is 29.7 Å². The van der Waals surface area contributed by atoms with Gasteiger partial charge in [-0.2, -0.15) is 0 Å². The van der Waals surface area contributed by atoms with E-state index in [0.29, 0.717) is 18.9 Å². The van der Waals surface area contributed by atoms with Crippen LogP contribution in [-0.2, 0) is 9.59 Å². The number of carbonyl (C=O) groups excluding carboxylic acids is 2. The van der Waals surface area contributed by atoms with Crippen molar-refractivity contribution in [3.8, 4) is 0 Å². The number of carbonyl (C=O) groups is 2. The molecule has 0 N–H and O–H groups in total. The maximum Gasteiger partial charge on any atom is 0.224 e. The normalized spacial score (nSPS) is 18.1. The van der Waals surface area contributed by atoms with E-state index in [1.165, 1.54) is 13.3 Å². The van der Waals surface area contributed by atoms with Gasteiger partial charge in [-0.25, -0.2) is 0 Å². The van der Waals surface area contributed by atoms with Gasteiger partial charge in [-0.1, -0.05) is 22.9 Å². The Morgan fingerprint density at radius 2 is 2.00 bits per heavy atom. The lowest BCUT2D eigenvalue weighted by Gasteiger charge is -2.31. The van der Waals surface area contributed by atoms with Gasteiger partial charge in [0.05, 0.1) is 0 Å². The Morgan fingerprint density at radius 1 is 1.32 bits per heavy atom. The van der Waals surface area contributed by atoms with Crippen LogP contribution in [0.4, 0.5) is 5.69 Å². The van der Waals surface area contributed by atoms with Crippen LogP contribution in [0, 0.1) is 5.92 Å². The van der Waals surface area contributed by atoms with E-state index < -0.39 is 0 Å². The van der Waals surface area contributed by atoms with E-state index in [1.54, 1.807) is 4.90 Å². The molecule has 0 bridgehead atoms. The summed E-state index contributed by atoms with van der Waals surface area (Å²) in [4.78, 5) is 27.8. The average Bonchev–Trinajstić information content (AvgIpc) is 2.48. The number of nitrogens with zero attached hydrogens (tertiary/aromatic N) is 2. The molecule has 1 fully saturated rings. The zero-order valence-corrected chi connectivity index (χ0v) is 14.8. The van der Waals surface area contributed by atoms with Crippen molar-refractivity contribution < 1.29 is 9.59 Å². The van der Waals surface area contributed by atoms with E-state index in [2.05, 4.69) is 22.9 Å². The van der Waals surface area contributed by atoms with Crippen LogP contribution in [0.2, 0.25) is 0 Å². The second-order valence-electron chi connectivity index (χ2n) is 5.98. The summed E-state index contributed by atoms with van der Waals surface area (Å²) in [7, 11) is 0. The third-order valence-corrected chi connectivity index (χ3v) is 4.61. The quantitative estimate of drug-likeness (QED) is 0.818. The van der Waals surface area contributed by atoms with Crippen LogP contribution in [0.25, 0.3) is 0 Å². The number of rotatable bonds is 4. The predicted molar refractivity (Wildman–Crippen MR) is 91.8 cm³/mol. The maximum absolute atomic E-state index is 12.3. The van der Waals surface area contributed by atoms with Crippen molar-refractivity contribution in [3.05, 3.63) is 28.7 Å². The highest BCUT2D eigenvalue weighted by atomic mass is 79.9. The molecule has 2 rings (SSSR count). The molecule has 1 heterocycles. The highest BCUT2D eigenvalue weighted by molar-refractivity contribution is 9.10. The number of likely N-dealkylation sites (tertiary alicyclic amines) is 1. The molecule has 1 aliphatic rings. The molecule has 22 heavy (non-hydrogen) atoms. The minimum Gasteiger partial charge on any atom is -0.342 e. The molecule has 2 amide bonds. The van der Waals surface area contributed by atoms with E-state index >= 15 is 0 Å². The Labute approximate surface area is 140 Å². The van der Waals surface area contributed by atoms with Crippen LogP contribution in [0.1, 0.15) is 33.1 Å². The summed E-state index contributed by atoms with van der Waals surface area (Å²) in [6.07, 6.45) is 2.65. The van der Waals surface area contributed by atoms with Crippen molar-refractivity contribution in [2.24, 2.45) is 5.92 Å². The molecule has 5 heteroatoms. The van der Waals surface area contributed by atoms with E-state index in [4.69, 9.17) is 0 Å². The molecule has 1 atom stereocenters. The summed E-state index contributed by atoms with van der Waals surface area (Å²) in [5.74, 6) is 0.685. The lowest BCUT2D eigenvalue weighted by Crippen LogP contribution is -2.41. The van der Waals surface area contributed by atoms with Gasteiger partial charge in [0.2, 0.25) is 11.8 Å². The molecule has 120 valence electrons. The maximum atomic E-state index is 12.3. The highest BCUT2D eigenvalue weighted by Gasteiger charge is 2.22. The van der Waals surface area contributed by atoms with E-state index in [9.17, 15) is 9.59 Å². The van der Waals surface area contributed by atoms with Gasteiger partial charge in [0, 0.05) is 43.1 Å². The largest absolute Gasteiger partial charge is 0.342 e. The molecule has 1 aromatic carbocycles. The average molecular weight is 367 g/mol. The highest BCUT2D eigenvalue weighted by Crippen LogP contribution is 2.20. The summed E-state index contributed by atoms with van der Waals surface area (Å²) in [5, 5.41) is 0. The van der Waals surface area contributed by atoms with Gasteiger partial charge in [-0.3, -0.25) is 9.59 Å². The molecule has 0 spiro atoms. The van der Waals surface area contributed by atoms with Crippen LogP contribution >= 0.6 is 15.9 Å². The van der Waals surface area contributed by atoms with Crippen molar-refractivity contribution in [3.63, 3.8) is 0 Å². The van der Waals surface area contributed by atoms with E-state index in [1.807, 2.05) is 29.2 Å². The van der Waals surface area contributed by atoms with Crippen LogP contribution in [-0.4, -0.2) is 36.3 Å². The zero-order valence-electron chi connectivity index (χ0n) is 13.2. The number of anilines is 1. The van der Waals surface area contributed by atoms with Gasteiger partial charge < -0.3 is 9.80 Å². The number of hydrogen-bond donors (Lipinski definition) is 0. The molecule has 0 saturated carbocycles. The first-order valence-corrected chi connectivity index (χ1v) is 8.58. The molecule has 0 aromatic heterocycles. The van der Waals surface area contributed by atoms with Gasteiger partial charge >= 0.3 is 0 Å². The van der Waals surface area contributed by atoms with Gasteiger partial charge in [0.1, 0.15) is 0 Å². The van der Waals surface area contributed by atoms with Gasteiger partial charge in [0.15, 0.2) is 0 Å². The molecule has 1 saturated heterocycles. The van der Waals surface area contributed by atoms with Gasteiger partial charge in [-0.05, 0) is 43.0 Å². The first kappa shape index (κ1) is 17.0. The Bertz CT molecular complexity index is 530. The molecule has 4 nitrogen and oxygen atoms in total. The first-order valence-electron chi connectivity index (χ1n) is 7.79. The smallest absolute Gasteiger partial charge is 0.224 e. The number of halogens is 1. The molecule has 1 aromatic rings. The fourth-order valence-corrected chi connectivity index (χ4v) is 3.14. The SMILES string of the molecule is CC(=O)N(CCC(=O)N1CCCC(C)C1)c1ccc(Br)cc1. The van der Waals surface area contributed by atoms with Crippen LogP contribution in [0.5, 0.6) is 0 Å². The topological polar surface area (TPSA) is 40.6 Å². The summed E-state index contributed by atoms with van der Waals surface area (Å²) in [6, 6.07) is 7.58. The van der Waals surface area contributed by atoms with Crippen molar-refractivity contribution in [2.75, 3.05) is 24.5 Å². The number of benzene rings is 1. The van der Waals surface area contributed by atoms with Gasteiger partial charge in [0.25, 0.3) is 0 Å². The van der Waals surface area contributed by atoms with Crippen molar-refractivity contribution in [2.45, 2.75) is 33.1 Å². The van der Waals surface area contributed by atoms with Gasteiger partial charge in [-0.15, -0.1) is 0 Å². The fourth-order valence-electron chi connectivity index (χ4n) is 2.87. The summed E-state index contributed by atoms with van der Waals surface area (Å²) in [6.45, 7) is 5.85.